The van der Waals surface area contributed by atoms with Gasteiger partial charge in [0.05, 0.1) is 5.69 Å². The molecule has 0 aliphatic heterocycles. The quantitative estimate of drug-likeness (QED) is 0.876. The van der Waals surface area contributed by atoms with Gasteiger partial charge in [0.1, 0.15) is 5.82 Å². The molecule has 3 N–H and O–H groups in total. The van der Waals surface area contributed by atoms with Crippen molar-refractivity contribution < 1.29 is 4.39 Å². The first-order chi connectivity index (χ1) is 7.65. The zero-order chi connectivity index (χ0) is 11.5. The van der Waals surface area contributed by atoms with E-state index >= 15 is 0 Å². The summed E-state index contributed by atoms with van der Waals surface area (Å²) in [7, 11) is 0. The van der Waals surface area contributed by atoms with E-state index in [1.54, 1.807) is 6.07 Å². The SMILES string of the molecule is NC1CCCC(Nc2cc(F)ccc2Br)C1. The maximum Gasteiger partial charge on any atom is 0.125 e. The molecule has 16 heavy (non-hydrogen) atoms. The first kappa shape index (κ1) is 11.9. The van der Waals surface area contributed by atoms with Crippen molar-refractivity contribution in [1.29, 1.82) is 0 Å². The molecule has 0 aromatic heterocycles. The molecule has 2 atom stereocenters. The van der Waals surface area contributed by atoms with Crippen LogP contribution in [0.15, 0.2) is 22.7 Å². The van der Waals surface area contributed by atoms with Crippen LogP contribution in [-0.4, -0.2) is 12.1 Å². The Morgan fingerprint density at radius 1 is 1.38 bits per heavy atom. The van der Waals surface area contributed by atoms with Gasteiger partial charge in [0.25, 0.3) is 0 Å². The molecule has 0 radical (unpaired) electrons. The van der Waals surface area contributed by atoms with Gasteiger partial charge in [-0.05, 0) is 59.8 Å². The molecule has 0 amide bonds. The predicted octanol–water partition coefficient (Wildman–Crippen LogP) is 3.27. The number of hydrogen-bond acceptors (Lipinski definition) is 2. The lowest BCUT2D eigenvalue weighted by atomic mass is 9.91. The minimum absolute atomic E-state index is 0.217. The minimum atomic E-state index is -0.217. The summed E-state index contributed by atoms with van der Waals surface area (Å²) in [6.45, 7) is 0. The highest BCUT2D eigenvalue weighted by Gasteiger charge is 2.19. The van der Waals surface area contributed by atoms with E-state index in [2.05, 4.69) is 21.2 Å². The van der Waals surface area contributed by atoms with Gasteiger partial charge in [0.2, 0.25) is 0 Å². The lowest BCUT2D eigenvalue weighted by molar-refractivity contribution is 0.409. The molecule has 1 aromatic rings. The van der Waals surface area contributed by atoms with Gasteiger partial charge in [-0.25, -0.2) is 4.39 Å². The predicted molar refractivity (Wildman–Crippen MR) is 68.0 cm³/mol. The van der Waals surface area contributed by atoms with Gasteiger partial charge >= 0.3 is 0 Å². The number of halogens is 2. The van der Waals surface area contributed by atoms with Crippen molar-refractivity contribution in [3.05, 3.63) is 28.5 Å². The third-order valence-electron chi connectivity index (χ3n) is 3.00. The van der Waals surface area contributed by atoms with Crippen LogP contribution < -0.4 is 11.1 Å². The molecule has 2 nitrogen and oxygen atoms in total. The molecule has 1 fully saturated rings. The van der Waals surface area contributed by atoms with Crippen LogP contribution in [0, 0.1) is 5.82 Å². The number of nitrogens with one attached hydrogen (secondary N) is 1. The Kier molecular flexibility index (Phi) is 3.82. The van der Waals surface area contributed by atoms with Crippen LogP contribution in [0.25, 0.3) is 0 Å². The van der Waals surface area contributed by atoms with E-state index in [9.17, 15) is 4.39 Å². The van der Waals surface area contributed by atoms with E-state index in [4.69, 9.17) is 5.73 Å². The Morgan fingerprint density at radius 2 is 2.19 bits per heavy atom. The summed E-state index contributed by atoms with van der Waals surface area (Å²) in [5, 5.41) is 3.35. The fourth-order valence-electron chi connectivity index (χ4n) is 2.19. The van der Waals surface area contributed by atoms with E-state index in [0.29, 0.717) is 6.04 Å². The molecule has 2 rings (SSSR count). The number of hydrogen-bond donors (Lipinski definition) is 2. The average molecular weight is 287 g/mol. The molecule has 1 aliphatic carbocycles. The van der Waals surface area contributed by atoms with Crippen molar-refractivity contribution in [2.45, 2.75) is 37.8 Å². The van der Waals surface area contributed by atoms with E-state index < -0.39 is 0 Å². The maximum atomic E-state index is 13.1. The van der Waals surface area contributed by atoms with Crippen molar-refractivity contribution in [3.8, 4) is 0 Å². The molecule has 1 aliphatic rings. The molecule has 0 spiro atoms. The summed E-state index contributed by atoms with van der Waals surface area (Å²) >= 11 is 3.41. The van der Waals surface area contributed by atoms with Crippen LogP contribution in [0.4, 0.5) is 10.1 Å². The van der Waals surface area contributed by atoms with E-state index in [1.165, 1.54) is 12.1 Å². The smallest absolute Gasteiger partial charge is 0.125 e. The lowest BCUT2D eigenvalue weighted by Crippen LogP contribution is -2.34. The van der Waals surface area contributed by atoms with E-state index in [0.717, 1.165) is 35.8 Å². The highest BCUT2D eigenvalue weighted by atomic mass is 79.9. The average Bonchev–Trinajstić information content (AvgIpc) is 2.24. The fourth-order valence-corrected chi connectivity index (χ4v) is 2.55. The van der Waals surface area contributed by atoms with Crippen molar-refractivity contribution >= 4 is 21.6 Å². The largest absolute Gasteiger partial charge is 0.381 e. The number of benzene rings is 1. The van der Waals surface area contributed by atoms with Gasteiger partial charge in [0, 0.05) is 16.6 Å². The maximum absolute atomic E-state index is 13.1. The van der Waals surface area contributed by atoms with Crippen LogP contribution >= 0.6 is 15.9 Å². The van der Waals surface area contributed by atoms with Gasteiger partial charge in [0.15, 0.2) is 0 Å². The Bertz CT molecular complexity index is 370. The van der Waals surface area contributed by atoms with Crippen molar-refractivity contribution in [2.24, 2.45) is 5.73 Å². The molecule has 2 unspecified atom stereocenters. The molecule has 88 valence electrons. The van der Waals surface area contributed by atoms with Crippen LogP contribution in [-0.2, 0) is 0 Å². The second-order valence-corrected chi connectivity index (χ2v) is 5.25. The number of nitrogens with two attached hydrogens (primary N) is 1. The van der Waals surface area contributed by atoms with Gasteiger partial charge in [-0.15, -0.1) is 0 Å². The van der Waals surface area contributed by atoms with Gasteiger partial charge in [-0.2, -0.15) is 0 Å². The second kappa shape index (κ2) is 5.15. The molecule has 0 saturated heterocycles. The highest BCUT2D eigenvalue weighted by Crippen LogP contribution is 2.27. The number of anilines is 1. The summed E-state index contributed by atoms with van der Waals surface area (Å²) in [5.41, 5.74) is 6.74. The second-order valence-electron chi connectivity index (χ2n) is 4.39. The molecule has 1 aromatic carbocycles. The van der Waals surface area contributed by atoms with Crippen molar-refractivity contribution in [2.75, 3.05) is 5.32 Å². The van der Waals surface area contributed by atoms with Crippen LogP contribution in [0.2, 0.25) is 0 Å². The summed E-state index contributed by atoms with van der Waals surface area (Å²) < 4.78 is 14.0. The zero-order valence-electron chi connectivity index (χ0n) is 9.05. The molecular weight excluding hydrogens is 271 g/mol. The standard InChI is InChI=1S/C12H16BrFN2/c13-11-5-4-8(14)6-12(11)16-10-3-1-2-9(15)7-10/h4-6,9-10,16H,1-3,7,15H2. The molecular formula is C12H16BrFN2. The summed E-state index contributed by atoms with van der Waals surface area (Å²) in [6.07, 6.45) is 4.31. The summed E-state index contributed by atoms with van der Waals surface area (Å²) in [4.78, 5) is 0. The summed E-state index contributed by atoms with van der Waals surface area (Å²) in [6, 6.07) is 5.33. The van der Waals surface area contributed by atoms with Crippen LogP contribution in [0.3, 0.4) is 0 Å². The normalized spacial score (nSPS) is 25.4. The third kappa shape index (κ3) is 2.95. The number of rotatable bonds is 2. The topological polar surface area (TPSA) is 38.0 Å². The Hall–Kier alpha value is -0.610. The molecule has 0 heterocycles. The molecule has 1 saturated carbocycles. The summed E-state index contributed by atoms with van der Waals surface area (Å²) in [5.74, 6) is -0.217. The molecule has 0 bridgehead atoms. The third-order valence-corrected chi connectivity index (χ3v) is 3.69. The van der Waals surface area contributed by atoms with Crippen molar-refractivity contribution in [3.63, 3.8) is 0 Å². The monoisotopic (exact) mass is 286 g/mol. The van der Waals surface area contributed by atoms with Gasteiger partial charge in [-0.3, -0.25) is 0 Å². The van der Waals surface area contributed by atoms with Crippen molar-refractivity contribution in [1.82, 2.24) is 0 Å². The lowest BCUT2D eigenvalue weighted by Gasteiger charge is -2.28. The Morgan fingerprint density at radius 3 is 2.94 bits per heavy atom. The van der Waals surface area contributed by atoms with Gasteiger partial charge < -0.3 is 11.1 Å². The highest BCUT2D eigenvalue weighted by molar-refractivity contribution is 9.10. The van der Waals surface area contributed by atoms with E-state index in [-0.39, 0.29) is 11.9 Å². The Balaban J connectivity index is 2.05. The van der Waals surface area contributed by atoms with Gasteiger partial charge in [-0.1, -0.05) is 0 Å². The zero-order valence-corrected chi connectivity index (χ0v) is 10.6. The Labute approximate surface area is 104 Å². The first-order valence-corrected chi connectivity index (χ1v) is 6.41. The first-order valence-electron chi connectivity index (χ1n) is 5.62. The molecule has 4 heteroatoms. The van der Waals surface area contributed by atoms with Crippen LogP contribution in [0.5, 0.6) is 0 Å². The van der Waals surface area contributed by atoms with Crippen LogP contribution in [0.1, 0.15) is 25.7 Å². The van der Waals surface area contributed by atoms with E-state index in [1.807, 2.05) is 0 Å². The fraction of sp³-hybridized carbons (Fsp3) is 0.500. The minimum Gasteiger partial charge on any atom is -0.381 e.